The summed E-state index contributed by atoms with van der Waals surface area (Å²) in [6.07, 6.45) is 12.2. The quantitative estimate of drug-likeness (QED) is 0.395. The topological polar surface area (TPSA) is 38.0 Å². The smallest absolute Gasteiger partial charge is 0.0238 e. The van der Waals surface area contributed by atoms with Gasteiger partial charge in [0.05, 0.1) is 0 Å². The Bertz CT molecular complexity index is 159. The van der Waals surface area contributed by atoms with Crippen molar-refractivity contribution in [1.82, 2.24) is 5.43 Å². The van der Waals surface area contributed by atoms with Gasteiger partial charge in [-0.25, -0.2) is 0 Å². The van der Waals surface area contributed by atoms with Gasteiger partial charge in [0.2, 0.25) is 0 Å². The van der Waals surface area contributed by atoms with Gasteiger partial charge in [0, 0.05) is 6.04 Å². The lowest BCUT2D eigenvalue weighted by molar-refractivity contribution is 0.209. The first-order valence-corrected chi connectivity index (χ1v) is 7.27. The predicted molar refractivity (Wildman–Crippen MR) is 71.0 cm³/mol. The van der Waals surface area contributed by atoms with Crippen molar-refractivity contribution in [2.75, 3.05) is 0 Å². The standard InChI is InChI=1S/C14H30N2/c1-3-5-6-7-14(16-15)13-10-8-12(4-2)9-11-13/h12-14,16H,3-11,15H2,1-2H3. The Labute approximate surface area is 101 Å². The van der Waals surface area contributed by atoms with Crippen LogP contribution in [0.5, 0.6) is 0 Å². The van der Waals surface area contributed by atoms with Crippen molar-refractivity contribution < 1.29 is 0 Å². The second-order valence-corrected chi connectivity index (χ2v) is 5.46. The summed E-state index contributed by atoms with van der Waals surface area (Å²) in [4.78, 5) is 0. The number of unbranched alkanes of at least 4 members (excludes halogenated alkanes) is 2. The Morgan fingerprint density at radius 2 is 1.81 bits per heavy atom. The Balaban J connectivity index is 2.25. The molecule has 1 aliphatic carbocycles. The van der Waals surface area contributed by atoms with Crippen LogP contribution in [0.15, 0.2) is 0 Å². The van der Waals surface area contributed by atoms with E-state index in [0.29, 0.717) is 6.04 Å². The van der Waals surface area contributed by atoms with Crippen LogP contribution >= 0.6 is 0 Å². The number of rotatable bonds is 7. The fourth-order valence-corrected chi connectivity index (χ4v) is 3.07. The maximum atomic E-state index is 5.70. The van der Waals surface area contributed by atoms with Crippen molar-refractivity contribution in [3.05, 3.63) is 0 Å². The molecule has 96 valence electrons. The van der Waals surface area contributed by atoms with E-state index in [-0.39, 0.29) is 0 Å². The summed E-state index contributed by atoms with van der Waals surface area (Å²) in [6, 6.07) is 0.573. The summed E-state index contributed by atoms with van der Waals surface area (Å²) >= 11 is 0. The summed E-state index contributed by atoms with van der Waals surface area (Å²) in [5.74, 6) is 7.53. The zero-order valence-electron chi connectivity index (χ0n) is 11.2. The zero-order valence-corrected chi connectivity index (χ0v) is 11.2. The predicted octanol–water partition coefficient (Wildman–Crippen LogP) is 3.62. The average Bonchev–Trinajstić information content (AvgIpc) is 2.35. The van der Waals surface area contributed by atoms with Crippen LogP contribution in [-0.2, 0) is 0 Å². The molecule has 2 nitrogen and oxygen atoms in total. The first-order valence-electron chi connectivity index (χ1n) is 7.27. The largest absolute Gasteiger partial charge is 0.271 e. The Hall–Kier alpha value is -0.0800. The van der Waals surface area contributed by atoms with Crippen LogP contribution in [-0.4, -0.2) is 6.04 Å². The van der Waals surface area contributed by atoms with Crippen molar-refractivity contribution in [3.8, 4) is 0 Å². The van der Waals surface area contributed by atoms with Gasteiger partial charge in [0.15, 0.2) is 0 Å². The summed E-state index contributed by atoms with van der Waals surface area (Å²) < 4.78 is 0. The normalized spacial score (nSPS) is 27.9. The van der Waals surface area contributed by atoms with E-state index in [1.54, 1.807) is 0 Å². The van der Waals surface area contributed by atoms with Crippen LogP contribution in [0, 0.1) is 11.8 Å². The highest BCUT2D eigenvalue weighted by Crippen LogP contribution is 2.33. The van der Waals surface area contributed by atoms with E-state index >= 15 is 0 Å². The molecule has 1 fully saturated rings. The number of nitrogens with one attached hydrogen (secondary N) is 1. The zero-order chi connectivity index (χ0) is 11.8. The third-order valence-corrected chi connectivity index (χ3v) is 4.37. The molecule has 1 saturated carbocycles. The molecule has 0 saturated heterocycles. The molecule has 0 bridgehead atoms. The highest BCUT2D eigenvalue weighted by atomic mass is 15.2. The molecule has 1 rings (SSSR count). The summed E-state index contributed by atoms with van der Waals surface area (Å²) in [6.45, 7) is 4.59. The van der Waals surface area contributed by atoms with Gasteiger partial charge in [0.25, 0.3) is 0 Å². The highest BCUT2D eigenvalue weighted by Gasteiger charge is 2.25. The number of nitrogens with two attached hydrogens (primary N) is 1. The molecule has 0 spiro atoms. The third kappa shape index (κ3) is 4.42. The van der Waals surface area contributed by atoms with Crippen LogP contribution in [0.2, 0.25) is 0 Å². The van der Waals surface area contributed by atoms with Gasteiger partial charge in [-0.15, -0.1) is 0 Å². The second kappa shape index (κ2) is 8.08. The van der Waals surface area contributed by atoms with E-state index in [4.69, 9.17) is 5.84 Å². The number of hydrogen-bond acceptors (Lipinski definition) is 2. The van der Waals surface area contributed by atoms with E-state index in [1.807, 2.05) is 0 Å². The van der Waals surface area contributed by atoms with Gasteiger partial charge in [-0.1, -0.05) is 52.4 Å². The molecule has 2 heteroatoms. The third-order valence-electron chi connectivity index (χ3n) is 4.37. The van der Waals surface area contributed by atoms with Crippen LogP contribution in [0.3, 0.4) is 0 Å². The van der Waals surface area contributed by atoms with Crippen LogP contribution in [0.4, 0.5) is 0 Å². The molecule has 0 aliphatic heterocycles. The van der Waals surface area contributed by atoms with E-state index < -0.39 is 0 Å². The molecule has 0 aromatic rings. The monoisotopic (exact) mass is 226 g/mol. The molecular formula is C14H30N2. The van der Waals surface area contributed by atoms with E-state index in [2.05, 4.69) is 19.3 Å². The van der Waals surface area contributed by atoms with Crippen molar-refractivity contribution in [2.24, 2.45) is 17.7 Å². The SMILES string of the molecule is CCCCCC(NN)C1CCC(CC)CC1. The summed E-state index contributed by atoms with van der Waals surface area (Å²) in [5.41, 5.74) is 3.06. The number of hydrazine groups is 1. The molecule has 0 amide bonds. The lowest BCUT2D eigenvalue weighted by atomic mass is 9.76. The maximum Gasteiger partial charge on any atom is 0.0238 e. The fraction of sp³-hybridized carbons (Fsp3) is 1.00. The van der Waals surface area contributed by atoms with Crippen molar-refractivity contribution in [2.45, 2.75) is 77.7 Å². The molecule has 16 heavy (non-hydrogen) atoms. The van der Waals surface area contributed by atoms with Gasteiger partial charge in [-0.3, -0.25) is 11.3 Å². The van der Waals surface area contributed by atoms with Gasteiger partial charge >= 0.3 is 0 Å². The van der Waals surface area contributed by atoms with Gasteiger partial charge in [-0.05, 0) is 31.1 Å². The van der Waals surface area contributed by atoms with Crippen molar-refractivity contribution in [1.29, 1.82) is 0 Å². The molecule has 1 aliphatic rings. The lowest BCUT2D eigenvalue weighted by Gasteiger charge is -2.33. The maximum absolute atomic E-state index is 5.70. The minimum Gasteiger partial charge on any atom is -0.271 e. The molecule has 1 unspecified atom stereocenters. The van der Waals surface area contributed by atoms with Gasteiger partial charge in [0.1, 0.15) is 0 Å². The highest BCUT2D eigenvalue weighted by molar-refractivity contribution is 4.80. The first-order chi connectivity index (χ1) is 7.81. The fourth-order valence-electron chi connectivity index (χ4n) is 3.07. The van der Waals surface area contributed by atoms with Crippen LogP contribution in [0.25, 0.3) is 0 Å². The van der Waals surface area contributed by atoms with Crippen molar-refractivity contribution in [3.63, 3.8) is 0 Å². The molecule has 0 aromatic heterocycles. The minimum atomic E-state index is 0.573. The van der Waals surface area contributed by atoms with E-state index in [0.717, 1.165) is 11.8 Å². The molecule has 0 radical (unpaired) electrons. The Morgan fingerprint density at radius 3 is 2.31 bits per heavy atom. The molecule has 3 N–H and O–H groups in total. The second-order valence-electron chi connectivity index (χ2n) is 5.46. The lowest BCUT2D eigenvalue weighted by Crippen LogP contribution is -2.42. The molecule has 0 aromatic carbocycles. The molecule has 0 heterocycles. The average molecular weight is 226 g/mol. The van der Waals surface area contributed by atoms with E-state index in [1.165, 1.54) is 57.8 Å². The molecule has 1 atom stereocenters. The van der Waals surface area contributed by atoms with E-state index in [9.17, 15) is 0 Å². The van der Waals surface area contributed by atoms with Crippen LogP contribution in [0.1, 0.15) is 71.6 Å². The summed E-state index contributed by atoms with van der Waals surface area (Å²) in [7, 11) is 0. The van der Waals surface area contributed by atoms with Crippen LogP contribution < -0.4 is 11.3 Å². The Morgan fingerprint density at radius 1 is 1.12 bits per heavy atom. The molecular weight excluding hydrogens is 196 g/mol. The minimum absolute atomic E-state index is 0.573. The Kier molecular flexibility index (Phi) is 7.06. The number of hydrogen-bond donors (Lipinski definition) is 2. The first kappa shape index (κ1) is 14.0. The van der Waals surface area contributed by atoms with Gasteiger partial charge in [-0.2, -0.15) is 0 Å². The van der Waals surface area contributed by atoms with Gasteiger partial charge < -0.3 is 0 Å². The van der Waals surface area contributed by atoms with Crippen molar-refractivity contribution >= 4 is 0 Å². The summed E-state index contributed by atoms with van der Waals surface area (Å²) in [5, 5.41) is 0.